The highest BCUT2D eigenvalue weighted by Gasteiger charge is 2.09. The van der Waals surface area contributed by atoms with Crippen molar-refractivity contribution < 1.29 is 0 Å². The van der Waals surface area contributed by atoms with E-state index >= 15 is 0 Å². The number of hydrogen-bond acceptors (Lipinski definition) is 4. The smallest absolute Gasteiger partial charge is 0.152 e. The van der Waals surface area contributed by atoms with E-state index in [4.69, 9.17) is 5.73 Å². The number of thiophene rings is 1. The molecule has 0 aliphatic heterocycles. The highest BCUT2D eigenvalue weighted by atomic mass is 32.1. The summed E-state index contributed by atoms with van der Waals surface area (Å²) in [6.07, 6.45) is 0. The first-order valence-corrected chi connectivity index (χ1v) is 5.21. The predicted molar refractivity (Wildman–Crippen MR) is 60.0 cm³/mol. The summed E-state index contributed by atoms with van der Waals surface area (Å²) >= 11 is 1.64. The maximum absolute atomic E-state index is 5.88. The molecule has 0 aliphatic carbocycles. The van der Waals surface area contributed by atoms with Crippen LogP contribution in [0.15, 0.2) is 16.8 Å². The minimum Gasteiger partial charge on any atom is -0.394 e. The summed E-state index contributed by atoms with van der Waals surface area (Å²) < 4.78 is 1.75. The Morgan fingerprint density at radius 3 is 2.86 bits per heavy atom. The minimum absolute atomic E-state index is 0.707. The van der Waals surface area contributed by atoms with Crippen LogP contribution in [0, 0.1) is 6.92 Å². The van der Waals surface area contributed by atoms with Gasteiger partial charge in [0.25, 0.3) is 0 Å². The lowest BCUT2D eigenvalue weighted by molar-refractivity contribution is 0.765. The molecule has 0 aliphatic rings. The summed E-state index contributed by atoms with van der Waals surface area (Å²) in [6, 6.07) is 2.01. The van der Waals surface area contributed by atoms with Crippen molar-refractivity contribution in [1.29, 1.82) is 0 Å². The second kappa shape index (κ2) is 3.34. The monoisotopic (exact) mass is 208 g/mol. The van der Waals surface area contributed by atoms with Gasteiger partial charge in [-0.25, -0.2) is 0 Å². The Hall–Kier alpha value is -1.49. The number of nitrogens with two attached hydrogens (primary N) is 1. The zero-order chi connectivity index (χ0) is 10.1. The van der Waals surface area contributed by atoms with Crippen molar-refractivity contribution in [2.45, 2.75) is 6.92 Å². The molecular weight excluding hydrogens is 196 g/mol. The van der Waals surface area contributed by atoms with Gasteiger partial charge in [-0.3, -0.25) is 4.68 Å². The third kappa shape index (κ3) is 1.46. The molecule has 0 radical (unpaired) electrons. The lowest BCUT2D eigenvalue weighted by Gasteiger charge is -2.04. The first-order chi connectivity index (χ1) is 6.68. The molecule has 2 aromatic rings. The summed E-state index contributed by atoms with van der Waals surface area (Å²) in [5, 5.41) is 11.5. The lowest BCUT2D eigenvalue weighted by atomic mass is 10.4. The number of nitrogen functional groups attached to an aromatic ring is 1. The molecule has 0 amide bonds. The molecule has 2 aromatic heterocycles. The molecule has 74 valence electrons. The van der Waals surface area contributed by atoms with Gasteiger partial charge in [-0.15, -0.1) is 0 Å². The SMILES string of the molecule is Cc1nn(C)c(Nc2ccsc2)c1N. The molecule has 0 bridgehead atoms. The topological polar surface area (TPSA) is 55.9 Å². The Labute approximate surface area is 86.4 Å². The van der Waals surface area contributed by atoms with Crippen LogP contribution in [-0.4, -0.2) is 9.78 Å². The number of hydrogen-bond donors (Lipinski definition) is 2. The van der Waals surface area contributed by atoms with Gasteiger partial charge in [0.2, 0.25) is 0 Å². The van der Waals surface area contributed by atoms with E-state index in [0.29, 0.717) is 5.69 Å². The highest BCUT2D eigenvalue weighted by Crippen LogP contribution is 2.25. The Balaban J connectivity index is 2.33. The van der Waals surface area contributed by atoms with E-state index in [0.717, 1.165) is 17.2 Å². The van der Waals surface area contributed by atoms with E-state index in [1.165, 1.54) is 0 Å². The second-order valence-corrected chi connectivity index (χ2v) is 3.89. The van der Waals surface area contributed by atoms with E-state index < -0.39 is 0 Å². The van der Waals surface area contributed by atoms with Gasteiger partial charge in [-0.1, -0.05) is 0 Å². The number of anilines is 3. The van der Waals surface area contributed by atoms with Crippen LogP contribution in [0.2, 0.25) is 0 Å². The van der Waals surface area contributed by atoms with Crippen molar-refractivity contribution >= 4 is 28.5 Å². The Morgan fingerprint density at radius 1 is 1.57 bits per heavy atom. The average molecular weight is 208 g/mol. The third-order valence-electron chi connectivity index (χ3n) is 2.05. The zero-order valence-corrected chi connectivity index (χ0v) is 8.93. The van der Waals surface area contributed by atoms with E-state index in [1.54, 1.807) is 16.0 Å². The molecule has 5 heteroatoms. The van der Waals surface area contributed by atoms with Gasteiger partial charge in [0.05, 0.1) is 17.1 Å². The van der Waals surface area contributed by atoms with E-state index in [-0.39, 0.29) is 0 Å². The predicted octanol–water partition coefficient (Wildman–Crippen LogP) is 2.12. The number of nitrogens with zero attached hydrogens (tertiary/aromatic N) is 2. The quantitative estimate of drug-likeness (QED) is 0.794. The first kappa shape index (κ1) is 9.08. The van der Waals surface area contributed by atoms with Crippen molar-refractivity contribution in [3.8, 4) is 0 Å². The first-order valence-electron chi connectivity index (χ1n) is 4.27. The van der Waals surface area contributed by atoms with E-state index in [1.807, 2.05) is 30.8 Å². The molecule has 0 saturated heterocycles. The van der Waals surface area contributed by atoms with Crippen LogP contribution >= 0.6 is 11.3 Å². The zero-order valence-electron chi connectivity index (χ0n) is 8.11. The fourth-order valence-corrected chi connectivity index (χ4v) is 1.88. The van der Waals surface area contributed by atoms with Gasteiger partial charge in [-0.05, 0) is 18.4 Å². The van der Waals surface area contributed by atoms with Crippen molar-refractivity contribution in [3.05, 3.63) is 22.5 Å². The molecule has 3 N–H and O–H groups in total. The maximum atomic E-state index is 5.88. The van der Waals surface area contributed by atoms with Crippen molar-refractivity contribution in [2.24, 2.45) is 7.05 Å². The molecular formula is C9H12N4S. The fourth-order valence-electron chi connectivity index (χ4n) is 1.30. The van der Waals surface area contributed by atoms with Crippen LogP contribution in [0.25, 0.3) is 0 Å². The summed E-state index contributed by atoms with van der Waals surface area (Å²) in [7, 11) is 1.87. The molecule has 0 fully saturated rings. The minimum atomic E-state index is 0.707. The Bertz CT molecular complexity index is 430. The number of rotatable bonds is 2. The molecule has 0 atom stereocenters. The van der Waals surface area contributed by atoms with Gasteiger partial charge in [-0.2, -0.15) is 16.4 Å². The second-order valence-electron chi connectivity index (χ2n) is 3.11. The largest absolute Gasteiger partial charge is 0.394 e. The number of nitrogens with one attached hydrogen (secondary N) is 1. The van der Waals surface area contributed by atoms with E-state index in [9.17, 15) is 0 Å². The van der Waals surface area contributed by atoms with Crippen LogP contribution in [0.5, 0.6) is 0 Å². The van der Waals surface area contributed by atoms with Gasteiger partial charge < -0.3 is 11.1 Å². The summed E-state index contributed by atoms with van der Waals surface area (Å²) in [4.78, 5) is 0. The molecule has 2 heterocycles. The average Bonchev–Trinajstić information content (AvgIpc) is 2.71. The molecule has 2 rings (SSSR count). The number of aryl methyl sites for hydroxylation is 2. The highest BCUT2D eigenvalue weighted by molar-refractivity contribution is 7.08. The summed E-state index contributed by atoms with van der Waals surface area (Å²) in [5.41, 5.74) is 8.48. The standard InChI is InChI=1S/C9H12N4S/c1-6-8(10)9(13(2)12-6)11-7-3-4-14-5-7/h3-5,11H,10H2,1-2H3. The fraction of sp³-hybridized carbons (Fsp3) is 0.222. The van der Waals surface area contributed by atoms with Crippen molar-refractivity contribution in [3.63, 3.8) is 0 Å². The van der Waals surface area contributed by atoms with Crippen molar-refractivity contribution in [2.75, 3.05) is 11.1 Å². The lowest BCUT2D eigenvalue weighted by Crippen LogP contribution is -2.00. The Kier molecular flexibility index (Phi) is 2.17. The number of aromatic nitrogens is 2. The van der Waals surface area contributed by atoms with Gasteiger partial charge in [0, 0.05) is 12.4 Å². The molecule has 0 unspecified atom stereocenters. The molecule has 14 heavy (non-hydrogen) atoms. The molecule has 4 nitrogen and oxygen atoms in total. The van der Waals surface area contributed by atoms with Crippen LogP contribution in [0.1, 0.15) is 5.69 Å². The maximum Gasteiger partial charge on any atom is 0.152 e. The summed E-state index contributed by atoms with van der Waals surface area (Å²) in [5.74, 6) is 0.848. The summed E-state index contributed by atoms with van der Waals surface area (Å²) in [6.45, 7) is 1.90. The normalized spacial score (nSPS) is 10.4. The van der Waals surface area contributed by atoms with Gasteiger partial charge in [0.15, 0.2) is 5.82 Å². The molecule has 0 saturated carbocycles. The van der Waals surface area contributed by atoms with Crippen molar-refractivity contribution in [1.82, 2.24) is 9.78 Å². The van der Waals surface area contributed by atoms with Gasteiger partial charge in [0.1, 0.15) is 0 Å². The van der Waals surface area contributed by atoms with Crippen LogP contribution in [0.4, 0.5) is 17.2 Å². The Morgan fingerprint density at radius 2 is 2.36 bits per heavy atom. The molecule has 0 aromatic carbocycles. The van der Waals surface area contributed by atoms with Gasteiger partial charge >= 0.3 is 0 Å². The third-order valence-corrected chi connectivity index (χ3v) is 2.74. The van der Waals surface area contributed by atoms with E-state index in [2.05, 4.69) is 10.4 Å². The van der Waals surface area contributed by atoms with Crippen LogP contribution < -0.4 is 11.1 Å². The van der Waals surface area contributed by atoms with Crippen LogP contribution in [0.3, 0.4) is 0 Å². The van der Waals surface area contributed by atoms with Crippen LogP contribution in [-0.2, 0) is 7.05 Å². The molecule has 0 spiro atoms.